The van der Waals surface area contributed by atoms with Crippen LogP contribution in [-0.2, 0) is 6.42 Å². The molecule has 0 amide bonds. The van der Waals surface area contributed by atoms with Crippen molar-refractivity contribution in [3.63, 3.8) is 0 Å². The standard InChI is InChI=1S/C17H25F2N/c1-3-5-6-7-8-9-15(20-4-2)12-14-10-11-16(18)17(19)13-14/h3,10-11,13,15,20H,1,4-9,12H2,2H3. The zero-order valence-electron chi connectivity index (χ0n) is 12.3. The van der Waals surface area contributed by atoms with E-state index in [-0.39, 0.29) is 0 Å². The van der Waals surface area contributed by atoms with E-state index in [0.717, 1.165) is 37.8 Å². The van der Waals surface area contributed by atoms with Crippen LogP contribution in [0.3, 0.4) is 0 Å². The average molecular weight is 281 g/mol. The molecule has 0 aromatic heterocycles. The first-order valence-corrected chi connectivity index (χ1v) is 7.45. The molecule has 0 spiro atoms. The second-order valence-electron chi connectivity index (χ2n) is 5.13. The Labute approximate surface area is 121 Å². The van der Waals surface area contributed by atoms with E-state index in [9.17, 15) is 8.78 Å². The lowest BCUT2D eigenvalue weighted by Gasteiger charge is -2.18. The van der Waals surface area contributed by atoms with E-state index in [1.807, 2.05) is 6.08 Å². The van der Waals surface area contributed by atoms with Gasteiger partial charge in [-0.25, -0.2) is 8.78 Å². The number of rotatable bonds is 10. The molecule has 3 heteroatoms. The molecule has 0 saturated carbocycles. The van der Waals surface area contributed by atoms with Crippen LogP contribution in [-0.4, -0.2) is 12.6 Å². The first-order chi connectivity index (χ1) is 9.67. The van der Waals surface area contributed by atoms with Crippen molar-refractivity contribution in [2.24, 2.45) is 0 Å². The zero-order chi connectivity index (χ0) is 14.8. The van der Waals surface area contributed by atoms with Crippen molar-refractivity contribution in [2.75, 3.05) is 6.54 Å². The number of nitrogens with one attached hydrogen (secondary N) is 1. The molecule has 1 N–H and O–H groups in total. The first-order valence-electron chi connectivity index (χ1n) is 7.45. The van der Waals surface area contributed by atoms with Crippen LogP contribution in [0.4, 0.5) is 8.78 Å². The summed E-state index contributed by atoms with van der Waals surface area (Å²) < 4.78 is 26.1. The minimum Gasteiger partial charge on any atom is -0.314 e. The van der Waals surface area contributed by atoms with E-state index in [1.165, 1.54) is 25.0 Å². The highest BCUT2D eigenvalue weighted by atomic mass is 19.2. The molecule has 1 atom stereocenters. The molecular weight excluding hydrogens is 256 g/mol. The number of likely N-dealkylation sites (N-methyl/N-ethyl adjacent to an activating group) is 1. The highest BCUT2D eigenvalue weighted by molar-refractivity contribution is 5.18. The third-order valence-corrected chi connectivity index (χ3v) is 3.42. The van der Waals surface area contributed by atoms with Crippen LogP contribution in [0.1, 0.15) is 44.6 Å². The van der Waals surface area contributed by atoms with Crippen LogP contribution in [0.2, 0.25) is 0 Å². The van der Waals surface area contributed by atoms with Crippen LogP contribution in [0.25, 0.3) is 0 Å². The van der Waals surface area contributed by atoms with Gasteiger partial charge in [0.15, 0.2) is 11.6 Å². The maximum absolute atomic E-state index is 13.2. The molecule has 1 nitrogen and oxygen atoms in total. The molecule has 0 aliphatic heterocycles. The third kappa shape index (κ3) is 6.29. The molecule has 20 heavy (non-hydrogen) atoms. The molecule has 1 aromatic rings. The summed E-state index contributed by atoms with van der Waals surface area (Å²) in [5.41, 5.74) is 0.848. The summed E-state index contributed by atoms with van der Waals surface area (Å²) in [4.78, 5) is 0. The Balaban J connectivity index is 2.44. The van der Waals surface area contributed by atoms with Crippen LogP contribution < -0.4 is 5.32 Å². The zero-order valence-corrected chi connectivity index (χ0v) is 12.3. The molecule has 1 rings (SSSR count). The quantitative estimate of drug-likeness (QED) is 0.487. The molecule has 0 radical (unpaired) electrons. The van der Waals surface area contributed by atoms with Gasteiger partial charge in [-0.1, -0.05) is 31.9 Å². The maximum atomic E-state index is 13.2. The summed E-state index contributed by atoms with van der Waals surface area (Å²) in [5.74, 6) is -1.54. The molecule has 0 aliphatic rings. The Morgan fingerprint density at radius 3 is 2.65 bits per heavy atom. The number of unbranched alkanes of at least 4 members (excludes halogenated alkanes) is 3. The summed E-state index contributed by atoms with van der Waals surface area (Å²) in [6, 6.07) is 4.50. The van der Waals surface area contributed by atoms with Gasteiger partial charge in [0.2, 0.25) is 0 Å². The fourth-order valence-electron chi connectivity index (χ4n) is 2.37. The topological polar surface area (TPSA) is 12.0 Å². The smallest absolute Gasteiger partial charge is 0.159 e. The SMILES string of the molecule is C=CCCCCCC(Cc1ccc(F)c(F)c1)NCC. The van der Waals surface area contributed by atoms with Crippen LogP contribution >= 0.6 is 0 Å². The molecule has 0 saturated heterocycles. The number of benzene rings is 1. The summed E-state index contributed by atoms with van der Waals surface area (Å²) >= 11 is 0. The predicted molar refractivity (Wildman–Crippen MR) is 80.8 cm³/mol. The lowest BCUT2D eigenvalue weighted by atomic mass is 9.99. The normalized spacial score (nSPS) is 12.3. The lowest BCUT2D eigenvalue weighted by Crippen LogP contribution is -2.31. The van der Waals surface area contributed by atoms with Crippen molar-refractivity contribution in [3.8, 4) is 0 Å². The summed E-state index contributed by atoms with van der Waals surface area (Å²) in [6.45, 7) is 6.67. The van der Waals surface area contributed by atoms with Gasteiger partial charge in [0, 0.05) is 6.04 Å². The number of allylic oxidation sites excluding steroid dienone is 1. The summed E-state index contributed by atoms with van der Waals surface area (Å²) in [7, 11) is 0. The number of hydrogen-bond acceptors (Lipinski definition) is 1. The predicted octanol–water partition coefficient (Wildman–Crippen LogP) is 4.62. The fraction of sp³-hybridized carbons (Fsp3) is 0.529. The van der Waals surface area contributed by atoms with Crippen LogP contribution in [0, 0.1) is 11.6 Å². The van der Waals surface area contributed by atoms with Gasteiger partial charge >= 0.3 is 0 Å². The number of halogens is 2. The van der Waals surface area contributed by atoms with E-state index in [1.54, 1.807) is 6.07 Å². The monoisotopic (exact) mass is 281 g/mol. The van der Waals surface area contributed by atoms with Crippen LogP contribution in [0.15, 0.2) is 30.9 Å². The summed E-state index contributed by atoms with van der Waals surface area (Å²) in [6.07, 6.45) is 8.32. The molecule has 0 heterocycles. The fourth-order valence-corrected chi connectivity index (χ4v) is 2.37. The molecule has 0 fully saturated rings. The molecule has 112 valence electrons. The highest BCUT2D eigenvalue weighted by Crippen LogP contribution is 2.14. The maximum Gasteiger partial charge on any atom is 0.159 e. The molecule has 1 aromatic carbocycles. The Morgan fingerprint density at radius 2 is 2.00 bits per heavy atom. The molecule has 0 aliphatic carbocycles. The van der Waals surface area contributed by atoms with E-state index in [0.29, 0.717) is 6.04 Å². The van der Waals surface area contributed by atoms with Gasteiger partial charge in [-0.05, 0) is 49.9 Å². The summed E-state index contributed by atoms with van der Waals surface area (Å²) in [5, 5.41) is 3.42. The van der Waals surface area contributed by atoms with Crippen LogP contribution in [0.5, 0.6) is 0 Å². The van der Waals surface area contributed by atoms with Crippen molar-refractivity contribution in [1.29, 1.82) is 0 Å². The van der Waals surface area contributed by atoms with Gasteiger partial charge in [0.25, 0.3) is 0 Å². The Hall–Kier alpha value is -1.22. The van der Waals surface area contributed by atoms with E-state index in [2.05, 4.69) is 18.8 Å². The van der Waals surface area contributed by atoms with Crippen molar-refractivity contribution < 1.29 is 8.78 Å². The molecule has 1 unspecified atom stereocenters. The molecular formula is C17H25F2N. The van der Waals surface area contributed by atoms with Crippen molar-refractivity contribution in [2.45, 2.75) is 51.5 Å². The Bertz CT molecular complexity index is 404. The van der Waals surface area contributed by atoms with Crippen molar-refractivity contribution >= 4 is 0 Å². The van der Waals surface area contributed by atoms with Gasteiger partial charge < -0.3 is 5.32 Å². The van der Waals surface area contributed by atoms with Crippen molar-refractivity contribution in [1.82, 2.24) is 5.32 Å². The van der Waals surface area contributed by atoms with Gasteiger partial charge in [0.1, 0.15) is 0 Å². The Kier molecular flexibility index (Phi) is 8.12. The third-order valence-electron chi connectivity index (χ3n) is 3.42. The highest BCUT2D eigenvalue weighted by Gasteiger charge is 2.10. The largest absolute Gasteiger partial charge is 0.314 e. The Morgan fingerprint density at radius 1 is 1.20 bits per heavy atom. The minimum atomic E-state index is -0.779. The second-order valence-corrected chi connectivity index (χ2v) is 5.13. The van der Waals surface area contributed by atoms with E-state index in [4.69, 9.17) is 0 Å². The molecule has 0 bridgehead atoms. The van der Waals surface area contributed by atoms with E-state index < -0.39 is 11.6 Å². The average Bonchev–Trinajstić information content (AvgIpc) is 2.43. The van der Waals surface area contributed by atoms with Gasteiger partial charge in [-0.3, -0.25) is 0 Å². The number of hydrogen-bond donors (Lipinski definition) is 1. The van der Waals surface area contributed by atoms with Gasteiger partial charge in [-0.2, -0.15) is 0 Å². The minimum absolute atomic E-state index is 0.327. The lowest BCUT2D eigenvalue weighted by molar-refractivity contribution is 0.461. The van der Waals surface area contributed by atoms with Gasteiger partial charge in [-0.15, -0.1) is 6.58 Å². The second kappa shape index (κ2) is 9.65. The van der Waals surface area contributed by atoms with Crippen molar-refractivity contribution in [3.05, 3.63) is 48.1 Å². The first kappa shape index (κ1) is 16.8. The van der Waals surface area contributed by atoms with E-state index >= 15 is 0 Å². The van der Waals surface area contributed by atoms with Gasteiger partial charge in [0.05, 0.1) is 0 Å².